The fraction of sp³-hybridized carbons (Fsp3) is 0.400. The normalized spacial score (nSPS) is 21.8. The van der Waals surface area contributed by atoms with E-state index in [1.807, 2.05) is 0 Å². The fourth-order valence-corrected chi connectivity index (χ4v) is 5.59. The molecule has 1 atom stereocenters. The number of nitrogens with one attached hydrogen (secondary N) is 1. The largest absolute Gasteiger partial charge is 0.459 e. The van der Waals surface area contributed by atoms with E-state index >= 15 is 0 Å². The lowest BCUT2D eigenvalue weighted by Crippen LogP contribution is -2.52. The van der Waals surface area contributed by atoms with Gasteiger partial charge in [0, 0.05) is 43.5 Å². The highest BCUT2D eigenvalue weighted by atomic mass is 32.2. The summed E-state index contributed by atoms with van der Waals surface area (Å²) in [6, 6.07) is 10.1. The average Bonchev–Trinajstić information content (AvgIpc) is 3.38. The molecule has 2 fully saturated rings. The molecule has 8 nitrogen and oxygen atoms in total. The predicted molar refractivity (Wildman–Crippen MR) is 108 cm³/mol. The Hall–Kier alpha value is -2.65. The van der Waals surface area contributed by atoms with Crippen LogP contribution in [0.15, 0.2) is 47.1 Å². The second kappa shape index (κ2) is 8.00. The van der Waals surface area contributed by atoms with Crippen LogP contribution in [-0.4, -0.2) is 73.8 Å². The monoisotopic (exact) mass is 417 g/mol. The van der Waals surface area contributed by atoms with Gasteiger partial charge < -0.3 is 14.6 Å². The van der Waals surface area contributed by atoms with Gasteiger partial charge in [-0.2, -0.15) is 0 Å². The Kier molecular flexibility index (Phi) is 5.42. The molecule has 0 saturated carbocycles. The number of furan rings is 1. The van der Waals surface area contributed by atoms with Crippen molar-refractivity contribution in [2.75, 3.05) is 43.0 Å². The van der Waals surface area contributed by atoms with Gasteiger partial charge in [-0.25, -0.2) is 8.42 Å². The van der Waals surface area contributed by atoms with Gasteiger partial charge in [0.15, 0.2) is 15.6 Å². The Morgan fingerprint density at radius 1 is 1.03 bits per heavy atom. The van der Waals surface area contributed by atoms with Crippen LogP contribution in [0.25, 0.3) is 0 Å². The zero-order valence-electron chi connectivity index (χ0n) is 15.9. The first-order valence-electron chi connectivity index (χ1n) is 9.60. The van der Waals surface area contributed by atoms with Gasteiger partial charge in [-0.15, -0.1) is 0 Å². The second-order valence-electron chi connectivity index (χ2n) is 7.39. The van der Waals surface area contributed by atoms with Crippen LogP contribution in [0.4, 0.5) is 5.69 Å². The summed E-state index contributed by atoms with van der Waals surface area (Å²) >= 11 is 0. The van der Waals surface area contributed by atoms with Crippen molar-refractivity contribution in [3.63, 3.8) is 0 Å². The molecule has 2 aliphatic heterocycles. The molecule has 29 heavy (non-hydrogen) atoms. The number of carbonyl (C=O) groups is 2. The minimum Gasteiger partial charge on any atom is -0.459 e. The SMILES string of the molecule is O=C(Nc1ccc(C(=O)N2CCN([C@@H]3CCS(=O)(=O)C3)CC2)cc1)c1ccco1. The van der Waals surface area contributed by atoms with Crippen molar-refractivity contribution >= 4 is 27.3 Å². The molecule has 1 aromatic carbocycles. The number of sulfone groups is 1. The first kappa shape index (κ1) is 19.7. The molecule has 9 heteroatoms. The molecule has 2 aliphatic rings. The van der Waals surface area contributed by atoms with Crippen LogP contribution >= 0.6 is 0 Å². The summed E-state index contributed by atoms with van der Waals surface area (Å²) in [6.07, 6.45) is 2.11. The summed E-state index contributed by atoms with van der Waals surface area (Å²) in [6.45, 7) is 2.52. The van der Waals surface area contributed by atoms with Crippen molar-refractivity contribution in [2.45, 2.75) is 12.5 Å². The number of rotatable bonds is 4. The number of hydrogen-bond acceptors (Lipinski definition) is 6. The van der Waals surface area contributed by atoms with Gasteiger partial charge >= 0.3 is 0 Å². The molecule has 3 heterocycles. The number of hydrogen-bond donors (Lipinski definition) is 1. The number of nitrogens with zero attached hydrogens (tertiary/aromatic N) is 2. The van der Waals surface area contributed by atoms with Crippen LogP contribution in [0.3, 0.4) is 0 Å². The zero-order chi connectivity index (χ0) is 20.4. The van der Waals surface area contributed by atoms with E-state index < -0.39 is 9.84 Å². The van der Waals surface area contributed by atoms with Crippen LogP contribution in [0.5, 0.6) is 0 Å². The Balaban J connectivity index is 1.31. The van der Waals surface area contributed by atoms with Gasteiger partial charge in [0.2, 0.25) is 0 Å². The third kappa shape index (κ3) is 4.51. The maximum Gasteiger partial charge on any atom is 0.291 e. The van der Waals surface area contributed by atoms with E-state index in [1.165, 1.54) is 6.26 Å². The topological polar surface area (TPSA) is 99.9 Å². The smallest absolute Gasteiger partial charge is 0.291 e. The molecular formula is C20H23N3O5S. The van der Waals surface area contributed by atoms with Crippen molar-refractivity contribution in [1.82, 2.24) is 9.80 Å². The Labute approximate surface area is 169 Å². The molecule has 0 radical (unpaired) electrons. The number of anilines is 1. The van der Waals surface area contributed by atoms with Crippen LogP contribution in [-0.2, 0) is 9.84 Å². The molecule has 154 valence electrons. The maximum atomic E-state index is 12.8. The minimum atomic E-state index is -2.90. The van der Waals surface area contributed by atoms with Crippen LogP contribution in [0, 0.1) is 0 Å². The first-order valence-corrected chi connectivity index (χ1v) is 11.4. The number of benzene rings is 1. The molecule has 0 spiro atoms. The molecule has 1 N–H and O–H groups in total. The van der Waals surface area contributed by atoms with E-state index in [2.05, 4.69) is 10.2 Å². The molecule has 4 rings (SSSR count). The molecule has 0 unspecified atom stereocenters. The molecule has 0 aliphatic carbocycles. The van der Waals surface area contributed by atoms with Crippen molar-refractivity contribution < 1.29 is 22.4 Å². The third-order valence-corrected chi connectivity index (χ3v) is 7.21. The number of piperazine rings is 1. The summed E-state index contributed by atoms with van der Waals surface area (Å²) in [4.78, 5) is 28.7. The van der Waals surface area contributed by atoms with Crippen molar-refractivity contribution in [3.05, 3.63) is 54.0 Å². The minimum absolute atomic E-state index is 0.0624. The van der Waals surface area contributed by atoms with Crippen LogP contribution < -0.4 is 5.32 Å². The Morgan fingerprint density at radius 3 is 2.34 bits per heavy atom. The zero-order valence-corrected chi connectivity index (χ0v) is 16.7. The Morgan fingerprint density at radius 2 is 1.76 bits per heavy atom. The lowest BCUT2D eigenvalue weighted by Gasteiger charge is -2.37. The lowest BCUT2D eigenvalue weighted by molar-refractivity contribution is 0.0588. The Bertz CT molecular complexity index is 978. The van der Waals surface area contributed by atoms with Crippen molar-refractivity contribution in [1.29, 1.82) is 0 Å². The summed E-state index contributed by atoms with van der Waals surface area (Å²) in [7, 11) is -2.90. The summed E-state index contributed by atoms with van der Waals surface area (Å²) in [5, 5.41) is 2.72. The molecule has 2 saturated heterocycles. The van der Waals surface area contributed by atoms with E-state index in [1.54, 1.807) is 41.3 Å². The second-order valence-corrected chi connectivity index (χ2v) is 9.62. The molecule has 2 aromatic rings. The molecule has 2 amide bonds. The van der Waals surface area contributed by atoms with E-state index in [-0.39, 0.29) is 35.1 Å². The average molecular weight is 417 g/mol. The van der Waals surface area contributed by atoms with Gasteiger partial charge in [-0.1, -0.05) is 0 Å². The highest BCUT2D eigenvalue weighted by Gasteiger charge is 2.34. The highest BCUT2D eigenvalue weighted by Crippen LogP contribution is 2.20. The van der Waals surface area contributed by atoms with Gasteiger partial charge in [0.25, 0.3) is 11.8 Å². The third-order valence-electron chi connectivity index (χ3n) is 5.46. The summed E-state index contributed by atoms with van der Waals surface area (Å²) in [5.74, 6) is 0.302. The van der Waals surface area contributed by atoms with E-state index in [4.69, 9.17) is 4.42 Å². The summed E-state index contributed by atoms with van der Waals surface area (Å²) < 4.78 is 28.4. The molecule has 0 bridgehead atoms. The number of carbonyl (C=O) groups excluding carboxylic acids is 2. The van der Waals surface area contributed by atoms with E-state index in [0.29, 0.717) is 43.9 Å². The van der Waals surface area contributed by atoms with Gasteiger partial charge in [0.05, 0.1) is 17.8 Å². The van der Waals surface area contributed by atoms with Gasteiger partial charge in [-0.05, 0) is 42.8 Å². The summed E-state index contributed by atoms with van der Waals surface area (Å²) in [5.41, 5.74) is 1.13. The highest BCUT2D eigenvalue weighted by molar-refractivity contribution is 7.91. The quantitative estimate of drug-likeness (QED) is 0.809. The molecule has 1 aromatic heterocycles. The fourth-order valence-electron chi connectivity index (χ4n) is 3.83. The number of amides is 2. The molecular weight excluding hydrogens is 394 g/mol. The van der Waals surface area contributed by atoms with Crippen LogP contribution in [0.1, 0.15) is 27.3 Å². The van der Waals surface area contributed by atoms with Gasteiger partial charge in [-0.3, -0.25) is 14.5 Å². The van der Waals surface area contributed by atoms with E-state index in [9.17, 15) is 18.0 Å². The van der Waals surface area contributed by atoms with Crippen LogP contribution in [0.2, 0.25) is 0 Å². The first-order chi connectivity index (χ1) is 13.9. The maximum absolute atomic E-state index is 12.8. The predicted octanol–water partition coefficient (Wildman–Crippen LogP) is 1.48. The van der Waals surface area contributed by atoms with Crippen molar-refractivity contribution in [3.8, 4) is 0 Å². The van der Waals surface area contributed by atoms with E-state index in [0.717, 1.165) is 0 Å². The van der Waals surface area contributed by atoms with Crippen molar-refractivity contribution in [2.24, 2.45) is 0 Å². The standard InChI is InChI=1S/C20H23N3O5S/c24-19(18-2-1-12-28-18)21-16-5-3-15(4-6-16)20(25)23-10-8-22(9-11-23)17-7-13-29(26,27)14-17/h1-6,12,17H,7-11,13-14H2,(H,21,24)/t17-/m1/s1. The van der Waals surface area contributed by atoms with Gasteiger partial charge in [0.1, 0.15) is 0 Å². The lowest BCUT2D eigenvalue weighted by atomic mass is 10.1.